The van der Waals surface area contributed by atoms with Crippen molar-refractivity contribution >= 4 is 11.7 Å². The summed E-state index contributed by atoms with van der Waals surface area (Å²) in [5.74, 6) is -0.886. The van der Waals surface area contributed by atoms with E-state index in [2.05, 4.69) is 64.4 Å². The standard InChI is InChI=1S/C32H38N2O3/c35-31(36)27-13-15-29(16-14-27)34-21-17-32(18-22-34,37-24-23-33-19-7-2-8-20-33)25-28-11-5-6-12-30(28)26-9-3-1-4-10-26/h1,3-6,9-16H,2,7-8,17-25H2,(H,35,36). The van der Waals surface area contributed by atoms with E-state index in [9.17, 15) is 9.90 Å². The second-order valence-electron chi connectivity index (χ2n) is 10.5. The first-order valence-electron chi connectivity index (χ1n) is 13.7. The lowest BCUT2D eigenvalue weighted by Crippen LogP contribution is -2.48. The van der Waals surface area contributed by atoms with Gasteiger partial charge in [-0.25, -0.2) is 4.79 Å². The van der Waals surface area contributed by atoms with E-state index in [0.29, 0.717) is 5.56 Å². The molecule has 5 heteroatoms. The quantitative estimate of drug-likeness (QED) is 0.384. The summed E-state index contributed by atoms with van der Waals surface area (Å²) in [5.41, 5.74) is 5.07. The molecule has 37 heavy (non-hydrogen) atoms. The van der Waals surface area contributed by atoms with Gasteiger partial charge in [0.05, 0.1) is 17.8 Å². The van der Waals surface area contributed by atoms with Gasteiger partial charge in [-0.1, -0.05) is 61.0 Å². The molecule has 2 saturated heterocycles. The maximum absolute atomic E-state index is 11.3. The maximum atomic E-state index is 11.3. The van der Waals surface area contributed by atoms with E-state index in [1.165, 1.54) is 49.0 Å². The van der Waals surface area contributed by atoms with Gasteiger partial charge in [0.15, 0.2) is 0 Å². The van der Waals surface area contributed by atoms with Crippen LogP contribution in [0.25, 0.3) is 11.1 Å². The summed E-state index contributed by atoms with van der Waals surface area (Å²) in [5, 5.41) is 9.24. The van der Waals surface area contributed by atoms with E-state index in [1.807, 2.05) is 12.1 Å². The predicted octanol–water partition coefficient (Wildman–Crippen LogP) is 6.14. The van der Waals surface area contributed by atoms with E-state index in [0.717, 1.165) is 51.2 Å². The minimum Gasteiger partial charge on any atom is -0.478 e. The lowest BCUT2D eigenvalue weighted by Gasteiger charge is -2.43. The van der Waals surface area contributed by atoms with Crippen molar-refractivity contribution in [1.82, 2.24) is 4.90 Å². The molecule has 3 aromatic carbocycles. The van der Waals surface area contributed by atoms with Crippen LogP contribution in [-0.4, -0.2) is 60.9 Å². The number of rotatable bonds is 9. The number of benzene rings is 3. The van der Waals surface area contributed by atoms with Gasteiger partial charge in [0.25, 0.3) is 0 Å². The van der Waals surface area contributed by atoms with Crippen molar-refractivity contribution in [2.45, 2.75) is 44.1 Å². The Morgan fingerprint density at radius 3 is 2.19 bits per heavy atom. The Balaban J connectivity index is 1.33. The van der Waals surface area contributed by atoms with Crippen LogP contribution in [0.4, 0.5) is 5.69 Å². The van der Waals surface area contributed by atoms with Gasteiger partial charge in [0, 0.05) is 31.7 Å². The molecule has 0 bridgehead atoms. The number of anilines is 1. The molecule has 2 aliphatic rings. The maximum Gasteiger partial charge on any atom is 0.335 e. The molecule has 0 atom stereocenters. The zero-order valence-corrected chi connectivity index (χ0v) is 21.6. The van der Waals surface area contributed by atoms with E-state index in [1.54, 1.807) is 12.1 Å². The van der Waals surface area contributed by atoms with Crippen LogP contribution in [0.3, 0.4) is 0 Å². The molecule has 5 nitrogen and oxygen atoms in total. The summed E-state index contributed by atoms with van der Waals surface area (Å²) >= 11 is 0. The number of carbonyl (C=O) groups is 1. The number of carboxylic acid groups (broad SMARTS) is 1. The third-order valence-electron chi connectivity index (χ3n) is 8.03. The molecule has 2 heterocycles. The molecule has 194 valence electrons. The lowest BCUT2D eigenvalue weighted by atomic mass is 9.82. The van der Waals surface area contributed by atoms with E-state index in [-0.39, 0.29) is 5.60 Å². The third-order valence-corrected chi connectivity index (χ3v) is 8.03. The van der Waals surface area contributed by atoms with Crippen LogP contribution >= 0.6 is 0 Å². The fraction of sp³-hybridized carbons (Fsp3) is 0.406. The number of aromatic carboxylic acids is 1. The number of carboxylic acids is 1. The van der Waals surface area contributed by atoms with Gasteiger partial charge in [-0.05, 0) is 79.7 Å². The van der Waals surface area contributed by atoms with Crippen molar-refractivity contribution in [3.63, 3.8) is 0 Å². The van der Waals surface area contributed by atoms with Crippen LogP contribution in [-0.2, 0) is 11.2 Å². The fourth-order valence-electron chi connectivity index (χ4n) is 5.85. The van der Waals surface area contributed by atoms with Crippen molar-refractivity contribution in [3.8, 4) is 11.1 Å². The summed E-state index contributed by atoms with van der Waals surface area (Å²) in [4.78, 5) is 16.2. The van der Waals surface area contributed by atoms with Gasteiger partial charge in [0.2, 0.25) is 0 Å². The van der Waals surface area contributed by atoms with Crippen molar-refractivity contribution < 1.29 is 14.6 Å². The first-order chi connectivity index (χ1) is 18.1. The molecular weight excluding hydrogens is 460 g/mol. The molecule has 0 amide bonds. The SMILES string of the molecule is O=C(O)c1ccc(N2CCC(Cc3ccccc3-c3ccccc3)(OCCN3CCCCC3)CC2)cc1. The van der Waals surface area contributed by atoms with E-state index in [4.69, 9.17) is 4.74 Å². The van der Waals surface area contributed by atoms with Crippen molar-refractivity contribution in [1.29, 1.82) is 0 Å². The zero-order chi connectivity index (χ0) is 25.5. The summed E-state index contributed by atoms with van der Waals surface area (Å²) < 4.78 is 6.86. The fourth-order valence-corrected chi connectivity index (χ4v) is 5.85. The lowest BCUT2D eigenvalue weighted by molar-refractivity contribution is -0.0683. The second-order valence-corrected chi connectivity index (χ2v) is 10.5. The third kappa shape index (κ3) is 6.41. The molecule has 0 unspecified atom stereocenters. The minimum absolute atomic E-state index is 0.210. The summed E-state index contributed by atoms with van der Waals surface area (Å²) in [7, 11) is 0. The molecule has 5 rings (SSSR count). The summed E-state index contributed by atoms with van der Waals surface area (Å²) in [6.07, 6.45) is 6.72. The predicted molar refractivity (Wildman–Crippen MR) is 149 cm³/mol. The Kier molecular flexibility index (Phi) is 8.22. The van der Waals surface area contributed by atoms with Gasteiger partial charge in [-0.15, -0.1) is 0 Å². The molecule has 2 aliphatic heterocycles. The Bertz CT molecular complexity index is 1150. The molecule has 0 radical (unpaired) electrons. The highest BCUT2D eigenvalue weighted by Crippen LogP contribution is 2.35. The number of piperidine rings is 2. The molecule has 1 N–H and O–H groups in total. The second kappa shape index (κ2) is 11.9. The monoisotopic (exact) mass is 498 g/mol. The Labute approximate surface area is 220 Å². The van der Waals surface area contributed by atoms with Crippen LogP contribution in [0.5, 0.6) is 0 Å². The van der Waals surface area contributed by atoms with Crippen LogP contribution in [0, 0.1) is 0 Å². The van der Waals surface area contributed by atoms with Gasteiger partial charge < -0.3 is 19.6 Å². The van der Waals surface area contributed by atoms with Crippen LogP contribution < -0.4 is 4.90 Å². The smallest absolute Gasteiger partial charge is 0.335 e. The Morgan fingerprint density at radius 2 is 1.49 bits per heavy atom. The highest BCUT2D eigenvalue weighted by molar-refractivity contribution is 5.88. The largest absolute Gasteiger partial charge is 0.478 e. The molecule has 2 fully saturated rings. The molecule has 0 aromatic heterocycles. The van der Waals surface area contributed by atoms with E-state index < -0.39 is 5.97 Å². The van der Waals surface area contributed by atoms with Crippen molar-refractivity contribution in [2.75, 3.05) is 44.2 Å². The van der Waals surface area contributed by atoms with Crippen molar-refractivity contribution in [2.24, 2.45) is 0 Å². The number of hydrogen-bond acceptors (Lipinski definition) is 4. The average molecular weight is 499 g/mol. The first-order valence-corrected chi connectivity index (χ1v) is 13.7. The van der Waals surface area contributed by atoms with Crippen LogP contribution in [0.1, 0.15) is 48.0 Å². The highest BCUT2D eigenvalue weighted by Gasteiger charge is 2.36. The number of likely N-dealkylation sites (tertiary alicyclic amines) is 1. The number of hydrogen-bond donors (Lipinski definition) is 1. The van der Waals surface area contributed by atoms with Crippen molar-refractivity contribution in [3.05, 3.63) is 90.0 Å². The Morgan fingerprint density at radius 1 is 0.811 bits per heavy atom. The van der Waals surface area contributed by atoms with Gasteiger partial charge >= 0.3 is 5.97 Å². The first kappa shape index (κ1) is 25.5. The van der Waals surface area contributed by atoms with Crippen LogP contribution in [0.2, 0.25) is 0 Å². The highest BCUT2D eigenvalue weighted by atomic mass is 16.5. The van der Waals surface area contributed by atoms with Gasteiger partial charge in [-0.3, -0.25) is 0 Å². The van der Waals surface area contributed by atoms with E-state index >= 15 is 0 Å². The van der Waals surface area contributed by atoms with Crippen LogP contribution in [0.15, 0.2) is 78.9 Å². The van der Waals surface area contributed by atoms with Gasteiger partial charge in [-0.2, -0.15) is 0 Å². The Hall–Kier alpha value is -3.15. The molecule has 0 saturated carbocycles. The molecule has 3 aromatic rings. The molecular formula is C32H38N2O3. The number of ether oxygens (including phenoxy) is 1. The van der Waals surface area contributed by atoms with Gasteiger partial charge in [0.1, 0.15) is 0 Å². The average Bonchev–Trinajstić information content (AvgIpc) is 2.95. The molecule has 0 spiro atoms. The summed E-state index contributed by atoms with van der Waals surface area (Å²) in [6.45, 7) is 5.93. The zero-order valence-electron chi connectivity index (χ0n) is 21.6. The minimum atomic E-state index is -0.886. The normalized spacial score (nSPS) is 18.0. The molecule has 0 aliphatic carbocycles. The topological polar surface area (TPSA) is 53.0 Å². The number of nitrogens with zero attached hydrogens (tertiary/aromatic N) is 2. The summed E-state index contributed by atoms with van der Waals surface area (Å²) in [6, 6.07) is 26.7.